The van der Waals surface area contributed by atoms with Gasteiger partial charge in [-0.3, -0.25) is 0 Å². The smallest absolute Gasteiger partial charge is 0.221 e. The second-order valence-electron chi connectivity index (χ2n) is 3.98. The average molecular weight is 223 g/mol. The molecule has 4 nitrogen and oxygen atoms in total. The Morgan fingerprint density at radius 1 is 1.25 bits per heavy atom. The minimum Gasteiger partial charge on any atom is -0.478 e. The fourth-order valence-electron chi connectivity index (χ4n) is 1.39. The molecule has 0 spiro atoms. The molecule has 0 unspecified atom stereocenters. The predicted molar refractivity (Wildman–Crippen MR) is 66.2 cm³/mol. The van der Waals surface area contributed by atoms with E-state index in [0.29, 0.717) is 18.4 Å². The standard InChI is InChI=1S/C12H21N3O/c1-6-13-11-9(5)12(16-7-2)15-10(14-11)8(3)4/h8H,6-7H2,1-5H3,(H,13,14,15). The van der Waals surface area contributed by atoms with Gasteiger partial charge in [0.2, 0.25) is 5.88 Å². The van der Waals surface area contributed by atoms with Gasteiger partial charge in [-0.25, -0.2) is 4.98 Å². The van der Waals surface area contributed by atoms with Crippen LogP contribution in [0.3, 0.4) is 0 Å². The van der Waals surface area contributed by atoms with Gasteiger partial charge in [0.05, 0.1) is 12.2 Å². The zero-order valence-corrected chi connectivity index (χ0v) is 10.8. The molecule has 0 radical (unpaired) electrons. The van der Waals surface area contributed by atoms with Crippen LogP contribution in [0.25, 0.3) is 0 Å². The van der Waals surface area contributed by atoms with E-state index in [9.17, 15) is 0 Å². The first kappa shape index (κ1) is 12.7. The van der Waals surface area contributed by atoms with Gasteiger partial charge in [-0.15, -0.1) is 0 Å². The van der Waals surface area contributed by atoms with E-state index in [-0.39, 0.29) is 0 Å². The van der Waals surface area contributed by atoms with Gasteiger partial charge < -0.3 is 10.1 Å². The topological polar surface area (TPSA) is 47.0 Å². The Bertz CT molecular complexity index is 323. The normalized spacial score (nSPS) is 10.6. The molecule has 16 heavy (non-hydrogen) atoms. The SMILES string of the molecule is CCNc1nc(C(C)C)nc(OCC)c1C. The summed E-state index contributed by atoms with van der Waals surface area (Å²) >= 11 is 0. The molecule has 90 valence electrons. The molecule has 0 fully saturated rings. The zero-order chi connectivity index (χ0) is 12.1. The molecular weight excluding hydrogens is 202 g/mol. The molecule has 0 amide bonds. The molecule has 0 saturated heterocycles. The van der Waals surface area contributed by atoms with E-state index in [2.05, 4.69) is 36.1 Å². The lowest BCUT2D eigenvalue weighted by atomic mass is 10.2. The van der Waals surface area contributed by atoms with Crippen LogP contribution in [0.15, 0.2) is 0 Å². The summed E-state index contributed by atoms with van der Waals surface area (Å²) < 4.78 is 5.52. The van der Waals surface area contributed by atoms with Gasteiger partial charge in [0, 0.05) is 12.5 Å². The molecule has 1 N–H and O–H groups in total. The Hall–Kier alpha value is -1.32. The lowest BCUT2D eigenvalue weighted by Crippen LogP contribution is -2.09. The van der Waals surface area contributed by atoms with Gasteiger partial charge in [-0.2, -0.15) is 4.98 Å². The third kappa shape index (κ3) is 2.84. The first-order valence-electron chi connectivity index (χ1n) is 5.85. The molecule has 0 bridgehead atoms. The number of nitrogens with zero attached hydrogens (tertiary/aromatic N) is 2. The Morgan fingerprint density at radius 2 is 1.94 bits per heavy atom. The highest BCUT2D eigenvalue weighted by Gasteiger charge is 2.13. The largest absolute Gasteiger partial charge is 0.478 e. The summed E-state index contributed by atoms with van der Waals surface area (Å²) in [6.45, 7) is 11.6. The molecule has 0 saturated carbocycles. The second kappa shape index (κ2) is 5.68. The fourth-order valence-corrected chi connectivity index (χ4v) is 1.39. The lowest BCUT2D eigenvalue weighted by Gasteiger charge is -2.14. The summed E-state index contributed by atoms with van der Waals surface area (Å²) in [5.74, 6) is 2.70. The molecule has 4 heteroatoms. The second-order valence-corrected chi connectivity index (χ2v) is 3.98. The van der Waals surface area contributed by atoms with Crippen molar-refractivity contribution in [3.05, 3.63) is 11.4 Å². The first-order valence-corrected chi connectivity index (χ1v) is 5.85. The van der Waals surface area contributed by atoms with Crippen LogP contribution in [-0.2, 0) is 0 Å². The zero-order valence-electron chi connectivity index (χ0n) is 10.8. The van der Waals surface area contributed by atoms with Crippen LogP contribution in [0, 0.1) is 6.92 Å². The van der Waals surface area contributed by atoms with Gasteiger partial charge in [0.1, 0.15) is 11.6 Å². The van der Waals surface area contributed by atoms with E-state index in [1.165, 1.54) is 0 Å². The predicted octanol–water partition coefficient (Wildman–Crippen LogP) is 2.74. The van der Waals surface area contributed by atoms with Gasteiger partial charge in [-0.1, -0.05) is 13.8 Å². The van der Waals surface area contributed by atoms with E-state index in [1.807, 2.05) is 13.8 Å². The number of hydrogen-bond donors (Lipinski definition) is 1. The first-order chi connectivity index (χ1) is 7.60. The molecule has 0 atom stereocenters. The van der Waals surface area contributed by atoms with E-state index >= 15 is 0 Å². The summed E-state index contributed by atoms with van der Waals surface area (Å²) in [5, 5.41) is 3.24. The van der Waals surface area contributed by atoms with Crippen molar-refractivity contribution in [2.24, 2.45) is 0 Å². The van der Waals surface area contributed by atoms with Crippen molar-refractivity contribution in [3.63, 3.8) is 0 Å². The van der Waals surface area contributed by atoms with Crippen molar-refractivity contribution in [1.29, 1.82) is 0 Å². The molecule has 0 aliphatic rings. The highest BCUT2D eigenvalue weighted by molar-refractivity contribution is 5.48. The van der Waals surface area contributed by atoms with Gasteiger partial charge in [0.25, 0.3) is 0 Å². The Balaban J connectivity index is 3.16. The van der Waals surface area contributed by atoms with Crippen molar-refractivity contribution in [3.8, 4) is 5.88 Å². The third-order valence-electron chi connectivity index (χ3n) is 2.26. The Morgan fingerprint density at radius 3 is 2.44 bits per heavy atom. The van der Waals surface area contributed by atoms with Crippen LogP contribution in [0.1, 0.15) is 45.0 Å². The summed E-state index contributed by atoms with van der Waals surface area (Å²) in [6, 6.07) is 0. The fraction of sp³-hybridized carbons (Fsp3) is 0.667. The van der Waals surface area contributed by atoms with Crippen LogP contribution in [0.4, 0.5) is 5.82 Å². The third-order valence-corrected chi connectivity index (χ3v) is 2.26. The highest BCUT2D eigenvalue weighted by atomic mass is 16.5. The number of aromatic nitrogens is 2. The van der Waals surface area contributed by atoms with Crippen molar-refractivity contribution in [2.45, 2.75) is 40.5 Å². The molecule has 1 aromatic rings. The minimum absolute atomic E-state index is 0.303. The van der Waals surface area contributed by atoms with Crippen molar-refractivity contribution in [2.75, 3.05) is 18.5 Å². The Labute approximate surface area is 97.5 Å². The number of anilines is 1. The minimum atomic E-state index is 0.303. The lowest BCUT2D eigenvalue weighted by molar-refractivity contribution is 0.322. The van der Waals surface area contributed by atoms with Gasteiger partial charge >= 0.3 is 0 Å². The van der Waals surface area contributed by atoms with Crippen molar-refractivity contribution in [1.82, 2.24) is 9.97 Å². The van der Waals surface area contributed by atoms with Crippen LogP contribution >= 0.6 is 0 Å². The van der Waals surface area contributed by atoms with Gasteiger partial charge in [-0.05, 0) is 20.8 Å². The Kier molecular flexibility index (Phi) is 4.52. The van der Waals surface area contributed by atoms with Crippen LogP contribution in [0.5, 0.6) is 5.88 Å². The maximum absolute atomic E-state index is 5.52. The van der Waals surface area contributed by atoms with Gasteiger partial charge in [0.15, 0.2) is 0 Å². The molecule has 1 rings (SSSR count). The van der Waals surface area contributed by atoms with Crippen molar-refractivity contribution >= 4 is 5.82 Å². The van der Waals surface area contributed by atoms with E-state index in [4.69, 9.17) is 4.74 Å². The molecule has 1 heterocycles. The quantitative estimate of drug-likeness (QED) is 0.833. The summed E-state index contributed by atoms with van der Waals surface area (Å²) in [7, 11) is 0. The van der Waals surface area contributed by atoms with E-state index in [1.54, 1.807) is 0 Å². The number of ether oxygens (including phenoxy) is 1. The van der Waals surface area contributed by atoms with E-state index < -0.39 is 0 Å². The maximum Gasteiger partial charge on any atom is 0.221 e. The molecule has 0 aliphatic carbocycles. The summed E-state index contributed by atoms with van der Waals surface area (Å²) in [6.07, 6.45) is 0. The monoisotopic (exact) mass is 223 g/mol. The summed E-state index contributed by atoms with van der Waals surface area (Å²) in [5.41, 5.74) is 0.980. The molecular formula is C12H21N3O. The van der Waals surface area contributed by atoms with Crippen LogP contribution in [-0.4, -0.2) is 23.1 Å². The number of rotatable bonds is 5. The maximum atomic E-state index is 5.52. The number of hydrogen-bond acceptors (Lipinski definition) is 4. The van der Waals surface area contributed by atoms with E-state index in [0.717, 1.165) is 23.8 Å². The van der Waals surface area contributed by atoms with Crippen molar-refractivity contribution < 1.29 is 4.74 Å². The highest BCUT2D eigenvalue weighted by Crippen LogP contribution is 2.24. The molecule has 1 aromatic heterocycles. The molecule has 0 aromatic carbocycles. The summed E-state index contributed by atoms with van der Waals surface area (Å²) in [4.78, 5) is 8.93. The van der Waals surface area contributed by atoms with Crippen LogP contribution in [0.2, 0.25) is 0 Å². The molecule has 0 aliphatic heterocycles. The average Bonchev–Trinajstić information content (AvgIpc) is 2.24. The number of nitrogens with one attached hydrogen (secondary N) is 1. The van der Waals surface area contributed by atoms with Crippen LogP contribution < -0.4 is 10.1 Å².